The summed E-state index contributed by atoms with van der Waals surface area (Å²) >= 11 is 0. The second kappa shape index (κ2) is 13.4. The van der Waals surface area contributed by atoms with E-state index in [1.54, 1.807) is 6.08 Å². The largest absolute Gasteiger partial charge is 0.338 e. The molecule has 0 saturated heterocycles. The molecule has 0 aromatic rings. The Morgan fingerprint density at radius 3 is 2.34 bits per heavy atom. The van der Waals surface area contributed by atoms with Crippen molar-refractivity contribution in [2.75, 3.05) is 6.54 Å². The predicted molar refractivity (Wildman–Crippen MR) is 121 cm³/mol. The fourth-order valence-electron chi connectivity index (χ4n) is 3.09. The Labute approximate surface area is 175 Å². The summed E-state index contributed by atoms with van der Waals surface area (Å²) in [6.07, 6.45) is 14.5. The number of carbonyl (C=O) groups excluding carboxylic acids is 2. The van der Waals surface area contributed by atoms with E-state index in [9.17, 15) is 9.59 Å². The molecule has 0 unspecified atom stereocenters. The van der Waals surface area contributed by atoms with Crippen molar-refractivity contribution >= 4 is 11.9 Å². The SMILES string of the molecule is C=C/C(=C\C(=C)C(=O)NC(=C)/C=C\C(=C)CCC)NC(=O)NCC1CCCCC1. The zero-order valence-corrected chi connectivity index (χ0v) is 17.7. The second-order valence-corrected chi connectivity index (χ2v) is 7.39. The lowest BCUT2D eigenvalue weighted by atomic mass is 9.89. The van der Waals surface area contributed by atoms with E-state index in [1.807, 2.05) is 6.08 Å². The molecule has 0 spiro atoms. The highest BCUT2D eigenvalue weighted by Gasteiger charge is 2.14. The number of allylic oxidation sites excluding steroid dienone is 4. The zero-order valence-electron chi connectivity index (χ0n) is 17.7. The summed E-state index contributed by atoms with van der Waals surface area (Å²) in [5, 5.41) is 8.25. The molecule has 1 saturated carbocycles. The van der Waals surface area contributed by atoms with E-state index in [4.69, 9.17) is 0 Å². The smallest absolute Gasteiger partial charge is 0.319 e. The average molecular weight is 398 g/mol. The molecule has 0 aromatic carbocycles. The monoisotopic (exact) mass is 397 g/mol. The fourth-order valence-corrected chi connectivity index (χ4v) is 3.09. The van der Waals surface area contributed by atoms with Crippen LogP contribution in [0.15, 0.2) is 73.2 Å². The summed E-state index contributed by atoms with van der Waals surface area (Å²) < 4.78 is 0. The number of nitrogens with one attached hydrogen (secondary N) is 3. The van der Waals surface area contributed by atoms with Crippen LogP contribution in [0.1, 0.15) is 51.9 Å². The summed E-state index contributed by atoms with van der Waals surface area (Å²) in [6, 6.07) is -0.309. The van der Waals surface area contributed by atoms with Crippen molar-refractivity contribution in [2.45, 2.75) is 51.9 Å². The normalized spacial score (nSPS) is 14.9. The van der Waals surface area contributed by atoms with E-state index in [-0.39, 0.29) is 11.6 Å². The average Bonchev–Trinajstić information content (AvgIpc) is 2.71. The first-order chi connectivity index (χ1) is 13.8. The maximum atomic E-state index is 12.3. The van der Waals surface area contributed by atoms with Crippen LogP contribution in [0, 0.1) is 5.92 Å². The Bertz CT molecular complexity index is 695. The van der Waals surface area contributed by atoms with Gasteiger partial charge in [0.1, 0.15) is 0 Å². The van der Waals surface area contributed by atoms with Crippen LogP contribution in [0.25, 0.3) is 0 Å². The van der Waals surface area contributed by atoms with Crippen molar-refractivity contribution in [3.63, 3.8) is 0 Å². The lowest BCUT2D eigenvalue weighted by molar-refractivity contribution is -0.116. The van der Waals surface area contributed by atoms with E-state index in [0.29, 0.717) is 23.9 Å². The van der Waals surface area contributed by atoms with Crippen molar-refractivity contribution in [3.8, 4) is 0 Å². The van der Waals surface area contributed by atoms with Gasteiger partial charge in [0.25, 0.3) is 5.91 Å². The maximum Gasteiger partial charge on any atom is 0.319 e. The molecule has 0 atom stereocenters. The Morgan fingerprint density at radius 1 is 1.03 bits per heavy atom. The van der Waals surface area contributed by atoms with Crippen molar-refractivity contribution < 1.29 is 9.59 Å². The van der Waals surface area contributed by atoms with E-state index in [0.717, 1.165) is 31.3 Å². The van der Waals surface area contributed by atoms with Crippen LogP contribution in [0.3, 0.4) is 0 Å². The molecule has 1 fully saturated rings. The molecule has 0 bridgehead atoms. The Hall–Kier alpha value is -2.82. The molecular weight excluding hydrogens is 362 g/mol. The molecule has 0 radical (unpaired) electrons. The van der Waals surface area contributed by atoms with Crippen molar-refractivity contribution in [1.82, 2.24) is 16.0 Å². The van der Waals surface area contributed by atoms with E-state index in [1.165, 1.54) is 31.4 Å². The summed E-state index contributed by atoms with van der Waals surface area (Å²) in [4.78, 5) is 24.4. The van der Waals surface area contributed by atoms with E-state index >= 15 is 0 Å². The van der Waals surface area contributed by atoms with Gasteiger partial charge in [-0.25, -0.2) is 4.79 Å². The molecule has 3 N–H and O–H groups in total. The Morgan fingerprint density at radius 2 is 1.72 bits per heavy atom. The summed E-state index contributed by atoms with van der Waals surface area (Å²) in [5.74, 6) is 0.142. The molecule has 1 aliphatic carbocycles. The molecule has 1 rings (SSSR count). The van der Waals surface area contributed by atoms with Crippen molar-refractivity contribution in [2.24, 2.45) is 5.92 Å². The highest BCUT2D eigenvalue weighted by atomic mass is 16.2. The van der Waals surface area contributed by atoms with Crippen LogP contribution >= 0.6 is 0 Å². The highest BCUT2D eigenvalue weighted by molar-refractivity contribution is 5.97. The van der Waals surface area contributed by atoms with Crippen LogP contribution < -0.4 is 16.0 Å². The number of urea groups is 1. The number of hydrogen-bond acceptors (Lipinski definition) is 2. The number of rotatable bonds is 11. The van der Waals surface area contributed by atoms with Gasteiger partial charge >= 0.3 is 6.03 Å². The molecule has 3 amide bonds. The van der Waals surface area contributed by atoms with Crippen LogP contribution in [-0.4, -0.2) is 18.5 Å². The van der Waals surface area contributed by atoms with Crippen LogP contribution in [0.2, 0.25) is 0 Å². The third kappa shape index (κ3) is 10.3. The predicted octanol–water partition coefficient (Wildman–Crippen LogP) is 5.03. The quantitative estimate of drug-likeness (QED) is 0.338. The lowest BCUT2D eigenvalue weighted by Crippen LogP contribution is -2.38. The zero-order chi connectivity index (χ0) is 21.6. The summed E-state index contributed by atoms with van der Waals surface area (Å²) in [7, 11) is 0. The van der Waals surface area contributed by atoms with Gasteiger partial charge in [0, 0.05) is 23.5 Å². The minimum Gasteiger partial charge on any atom is -0.338 e. The first-order valence-electron chi connectivity index (χ1n) is 10.3. The second-order valence-electron chi connectivity index (χ2n) is 7.39. The van der Waals surface area contributed by atoms with Gasteiger partial charge in [-0.1, -0.05) is 70.6 Å². The molecule has 5 heteroatoms. The van der Waals surface area contributed by atoms with Crippen LogP contribution in [0.4, 0.5) is 4.79 Å². The molecule has 1 aliphatic rings. The molecule has 158 valence electrons. The van der Waals surface area contributed by atoms with Crippen molar-refractivity contribution in [3.05, 3.63) is 73.2 Å². The number of hydrogen-bond donors (Lipinski definition) is 3. The number of carbonyl (C=O) groups is 2. The van der Waals surface area contributed by atoms with Crippen molar-refractivity contribution in [1.29, 1.82) is 0 Å². The molecular formula is C24H35N3O2. The minimum atomic E-state index is -0.399. The van der Waals surface area contributed by atoms with Gasteiger partial charge in [-0.15, -0.1) is 0 Å². The van der Waals surface area contributed by atoms with Crippen LogP contribution in [0.5, 0.6) is 0 Å². The Balaban J connectivity index is 2.49. The van der Waals surface area contributed by atoms with E-state index in [2.05, 4.69) is 49.2 Å². The topological polar surface area (TPSA) is 70.2 Å². The third-order valence-corrected chi connectivity index (χ3v) is 4.74. The van der Waals surface area contributed by atoms with Gasteiger partial charge in [-0.3, -0.25) is 4.79 Å². The Kier molecular flexibility index (Phi) is 11.2. The fraction of sp³-hybridized carbons (Fsp3) is 0.417. The van der Waals surface area contributed by atoms with Gasteiger partial charge in [0.05, 0.1) is 0 Å². The van der Waals surface area contributed by atoms with Gasteiger partial charge in [0.15, 0.2) is 0 Å². The van der Waals surface area contributed by atoms with E-state index < -0.39 is 5.91 Å². The summed E-state index contributed by atoms with van der Waals surface area (Å²) in [6.45, 7) is 17.9. The molecule has 0 aliphatic heterocycles. The first-order valence-corrected chi connectivity index (χ1v) is 10.3. The third-order valence-electron chi connectivity index (χ3n) is 4.74. The maximum absolute atomic E-state index is 12.3. The molecule has 29 heavy (non-hydrogen) atoms. The molecule has 5 nitrogen and oxygen atoms in total. The van der Waals surface area contributed by atoms with Gasteiger partial charge in [0.2, 0.25) is 0 Å². The summed E-state index contributed by atoms with van der Waals surface area (Å²) in [5.41, 5.74) is 2.01. The van der Waals surface area contributed by atoms with Crippen LogP contribution in [-0.2, 0) is 4.79 Å². The van der Waals surface area contributed by atoms with Gasteiger partial charge < -0.3 is 16.0 Å². The lowest BCUT2D eigenvalue weighted by Gasteiger charge is -2.21. The first kappa shape index (κ1) is 24.2. The standard InChI is InChI=1S/C24H35N3O2/c1-6-11-18(3)14-15-20(5)26-23(28)19(4)16-22(7-2)27-24(29)25-17-21-12-9-8-10-13-21/h7,14-16,21H,2-6,8-13,17H2,1H3,(H,26,28)(H2,25,27,29)/b15-14-,22-16+. The highest BCUT2D eigenvalue weighted by Crippen LogP contribution is 2.22. The number of amides is 3. The minimum absolute atomic E-state index is 0.189. The van der Waals surface area contributed by atoms with Gasteiger partial charge in [-0.05, 0) is 43.4 Å². The molecule has 0 aromatic heterocycles. The van der Waals surface area contributed by atoms with Gasteiger partial charge in [-0.2, -0.15) is 0 Å². The molecule has 0 heterocycles.